The third kappa shape index (κ3) is 2.40. The summed E-state index contributed by atoms with van der Waals surface area (Å²) >= 11 is 0. The molecule has 1 heterocycles. The van der Waals surface area contributed by atoms with Crippen LogP contribution in [0.4, 0.5) is 5.69 Å². The molecule has 2 aliphatic rings. The number of nitriles is 1. The topological polar surface area (TPSA) is 56.0 Å². The number of aliphatic hydroxyl groups is 1. The van der Waals surface area contributed by atoms with E-state index in [-0.39, 0.29) is 12.6 Å². The van der Waals surface area contributed by atoms with Crippen LogP contribution in [0.3, 0.4) is 0 Å². The summed E-state index contributed by atoms with van der Waals surface area (Å²) in [5.74, 6) is 1.08. The summed E-state index contributed by atoms with van der Waals surface area (Å²) in [7, 11) is 0. The van der Waals surface area contributed by atoms with E-state index >= 15 is 0 Å². The molecule has 3 heteroatoms. The Labute approximate surface area is 136 Å². The summed E-state index contributed by atoms with van der Waals surface area (Å²) in [5, 5.41) is 22.3. The summed E-state index contributed by atoms with van der Waals surface area (Å²) in [6.45, 7) is 0.201. The fraction of sp³-hybridized carbons (Fsp3) is 0.350. The van der Waals surface area contributed by atoms with E-state index in [9.17, 15) is 5.11 Å². The van der Waals surface area contributed by atoms with Crippen LogP contribution in [-0.4, -0.2) is 17.8 Å². The predicted octanol–water partition coefficient (Wildman–Crippen LogP) is 3.90. The molecule has 23 heavy (non-hydrogen) atoms. The fourth-order valence-corrected chi connectivity index (χ4v) is 4.29. The Morgan fingerprint density at radius 3 is 2.83 bits per heavy atom. The molecule has 3 nitrogen and oxygen atoms in total. The van der Waals surface area contributed by atoms with Crippen molar-refractivity contribution in [3.63, 3.8) is 0 Å². The molecular formula is C20H20N2O. The molecule has 2 aromatic rings. The van der Waals surface area contributed by atoms with Crippen molar-refractivity contribution in [3.8, 4) is 17.2 Å². The molecule has 1 fully saturated rings. The maximum atomic E-state index is 9.66. The highest BCUT2D eigenvalue weighted by molar-refractivity contribution is 5.71. The third-order valence-electron chi connectivity index (χ3n) is 5.40. The molecule has 1 saturated carbocycles. The highest BCUT2D eigenvalue weighted by Crippen LogP contribution is 2.48. The van der Waals surface area contributed by atoms with E-state index in [0.29, 0.717) is 17.4 Å². The van der Waals surface area contributed by atoms with Gasteiger partial charge in [0.1, 0.15) is 0 Å². The number of aliphatic hydroxyl groups excluding tert-OH is 1. The van der Waals surface area contributed by atoms with Crippen LogP contribution in [0.25, 0.3) is 11.1 Å². The minimum absolute atomic E-state index is 0.183. The average Bonchev–Trinajstić information content (AvgIpc) is 3.10. The molecule has 0 bridgehead atoms. The maximum absolute atomic E-state index is 9.66. The van der Waals surface area contributed by atoms with Crippen LogP contribution in [0.2, 0.25) is 0 Å². The van der Waals surface area contributed by atoms with Gasteiger partial charge in [-0.25, -0.2) is 0 Å². The Bertz CT molecular complexity index is 777. The first-order valence-electron chi connectivity index (χ1n) is 8.32. The minimum atomic E-state index is 0.183. The zero-order chi connectivity index (χ0) is 15.8. The lowest BCUT2D eigenvalue weighted by Gasteiger charge is -2.36. The highest BCUT2D eigenvalue weighted by atomic mass is 16.3. The van der Waals surface area contributed by atoms with Crippen LogP contribution < -0.4 is 5.32 Å². The van der Waals surface area contributed by atoms with Crippen molar-refractivity contribution in [1.29, 1.82) is 5.26 Å². The molecule has 1 aliphatic carbocycles. The second kappa shape index (κ2) is 5.72. The number of rotatable bonds is 2. The van der Waals surface area contributed by atoms with Gasteiger partial charge in [0.15, 0.2) is 0 Å². The van der Waals surface area contributed by atoms with E-state index in [2.05, 4.69) is 35.7 Å². The molecule has 0 saturated heterocycles. The number of nitrogens with zero attached hydrogens (tertiary/aromatic N) is 1. The van der Waals surface area contributed by atoms with Gasteiger partial charge in [-0.2, -0.15) is 5.26 Å². The summed E-state index contributed by atoms with van der Waals surface area (Å²) in [6, 6.07) is 16.7. The molecule has 0 spiro atoms. The van der Waals surface area contributed by atoms with Crippen LogP contribution in [-0.2, 0) is 0 Å². The third-order valence-corrected chi connectivity index (χ3v) is 5.40. The van der Waals surface area contributed by atoms with Gasteiger partial charge >= 0.3 is 0 Å². The molecule has 1 aliphatic heterocycles. The maximum Gasteiger partial charge on any atom is 0.0991 e. The molecule has 2 N–H and O–H groups in total. The standard InChI is InChI=1S/C20H20N2O/c21-11-13-3-1-4-14(9-13)15-7-8-19-18(10-15)16-5-2-6-17(16)20(12-23)22-19/h1,3-4,7-10,16-17,20,22-23H,2,5-6,12H2/t16-,17+,20-/m1/s1. The molecule has 0 radical (unpaired) electrons. The first kappa shape index (κ1) is 14.3. The summed E-state index contributed by atoms with van der Waals surface area (Å²) in [4.78, 5) is 0. The van der Waals surface area contributed by atoms with Crippen molar-refractivity contribution in [3.05, 3.63) is 53.6 Å². The number of nitrogens with one attached hydrogen (secondary N) is 1. The molecule has 2 aromatic carbocycles. The van der Waals surface area contributed by atoms with Crippen molar-refractivity contribution in [1.82, 2.24) is 0 Å². The Balaban J connectivity index is 1.76. The zero-order valence-corrected chi connectivity index (χ0v) is 13.0. The normalized spacial score (nSPS) is 25.1. The van der Waals surface area contributed by atoms with Gasteiger partial charge < -0.3 is 10.4 Å². The number of benzene rings is 2. The van der Waals surface area contributed by atoms with Crippen LogP contribution in [0.15, 0.2) is 42.5 Å². The predicted molar refractivity (Wildman–Crippen MR) is 91.2 cm³/mol. The fourth-order valence-electron chi connectivity index (χ4n) is 4.29. The lowest BCUT2D eigenvalue weighted by atomic mass is 9.79. The Morgan fingerprint density at radius 2 is 2.00 bits per heavy atom. The second-order valence-corrected chi connectivity index (χ2v) is 6.63. The molecule has 0 amide bonds. The van der Waals surface area contributed by atoms with Gasteiger partial charge in [-0.05, 0) is 65.6 Å². The van der Waals surface area contributed by atoms with Gasteiger partial charge in [0.25, 0.3) is 0 Å². The van der Waals surface area contributed by atoms with Crippen LogP contribution in [0, 0.1) is 17.2 Å². The Hall–Kier alpha value is -2.31. The van der Waals surface area contributed by atoms with E-state index in [1.54, 1.807) is 0 Å². The first-order valence-corrected chi connectivity index (χ1v) is 8.32. The van der Waals surface area contributed by atoms with Crippen molar-refractivity contribution in [2.45, 2.75) is 31.2 Å². The first-order chi connectivity index (χ1) is 11.3. The molecule has 0 unspecified atom stereocenters. The summed E-state index contributed by atoms with van der Waals surface area (Å²) in [5.41, 5.74) is 5.48. The minimum Gasteiger partial charge on any atom is -0.394 e. The van der Waals surface area contributed by atoms with E-state index in [1.807, 2.05) is 18.2 Å². The monoisotopic (exact) mass is 304 g/mol. The average molecular weight is 304 g/mol. The van der Waals surface area contributed by atoms with Gasteiger partial charge in [-0.15, -0.1) is 0 Å². The van der Waals surface area contributed by atoms with Crippen LogP contribution in [0.1, 0.15) is 36.3 Å². The Morgan fingerprint density at radius 1 is 1.13 bits per heavy atom. The van der Waals surface area contributed by atoms with Crippen molar-refractivity contribution in [2.24, 2.45) is 5.92 Å². The van der Waals surface area contributed by atoms with E-state index < -0.39 is 0 Å². The van der Waals surface area contributed by atoms with Gasteiger partial charge in [-0.3, -0.25) is 0 Å². The molecule has 4 rings (SSSR count). The van der Waals surface area contributed by atoms with Gasteiger partial charge in [0.05, 0.1) is 24.3 Å². The number of anilines is 1. The molecular weight excluding hydrogens is 284 g/mol. The van der Waals surface area contributed by atoms with Crippen LogP contribution >= 0.6 is 0 Å². The van der Waals surface area contributed by atoms with Gasteiger partial charge in [-0.1, -0.05) is 24.6 Å². The lowest BCUT2D eigenvalue weighted by Crippen LogP contribution is -2.38. The molecule has 116 valence electrons. The SMILES string of the molecule is N#Cc1cccc(-c2ccc3c(c2)[C@@H]2CCC[C@@H]2[C@@H](CO)N3)c1. The number of hydrogen-bond donors (Lipinski definition) is 2. The molecule has 0 aromatic heterocycles. The molecule has 3 atom stereocenters. The van der Waals surface area contributed by atoms with E-state index in [4.69, 9.17) is 5.26 Å². The van der Waals surface area contributed by atoms with Crippen molar-refractivity contribution >= 4 is 5.69 Å². The van der Waals surface area contributed by atoms with E-state index in [0.717, 1.165) is 16.8 Å². The number of fused-ring (bicyclic) bond motifs is 3. The van der Waals surface area contributed by atoms with Gasteiger partial charge in [0.2, 0.25) is 0 Å². The quantitative estimate of drug-likeness (QED) is 0.885. The van der Waals surface area contributed by atoms with Crippen molar-refractivity contribution < 1.29 is 5.11 Å². The second-order valence-electron chi connectivity index (χ2n) is 6.63. The van der Waals surface area contributed by atoms with Crippen molar-refractivity contribution in [2.75, 3.05) is 11.9 Å². The largest absolute Gasteiger partial charge is 0.394 e. The number of hydrogen-bond acceptors (Lipinski definition) is 3. The zero-order valence-electron chi connectivity index (χ0n) is 13.0. The lowest BCUT2D eigenvalue weighted by molar-refractivity contribution is 0.226. The Kier molecular flexibility index (Phi) is 3.55. The highest BCUT2D eigenvalue weighted by Gasteiger charge is 2.39. The summed E-state index contributed by atoms with van der Waals surface area (Å²) in [6.07, 6.45) is 3.63. The van der Waals surface area contributed by atoms with E-state index in [1.165, 1.54) is 24.8 Å². The van der Waals surface area contributed by atoms with Gasteiger partial charge in [0, 0.05) is 5.69 Å². The smallest absolute Gasteiger partial charge is 0.0991 e. The summed E-state index contributed by atoms with van der Waals surface area (Å²) < 4.78 is 0. The van der Waals surface area contributed by atoms with Crippen LogP contribution in [0.5, 0.6) is 0 Å².